The molecular formula is C13H28N2O2S. The lowest BCUT2D eigenvalue weighted by molar-refractivity contribution is 0.188. The highest BCUT2D eigenvalue weighted by atomic mass is 32.2. The van der Waals surface area contributed by atoms with E-state index in [2.05, 4.69) is 4.90 Å². The molecule has 0 aromatic carbocycles. The molecule has 1 fully saturated rings. The van der Waals surface area contributed by atoms with Crippen molar-refractivity contribution in [3.8, 4) is 0 Å². The van der Waals surface area contributed by atoms with Gasteiger partial charge in [-0.3, -0.25) is 4.90 Å². The second-order valence-corrected chi connectivity index (χ2v) is 7.71. The van der Waals surface area contributed by atoms with E-state index in [0.717, 1.165) is 13.0 Å². The minimum atomic E-state index is -2.86. The molecule has 0 bridgehead atoms. The first kappa shape index (κ1) is 15.9. The van der Waals surface area contributed by atoms with Crippen molar-refractivity contribution in [3.63, 3.8) is 0 Å². The Balaban J connectivity index is 2.51. The van der Waals surface area contributed by atoms with Gasteiger partial charge in [0.25, 0.3) is 0 Å². The van der Waals surface area contributed by atoms with Crippen LogP contribution in [0.4, 0.5) is 0 Å². The fourth-order valence-electron chi connectivity index (χ4n) is 2.68. The van der Waals surface area contributed by atoms with Crippen molar-refractivity contribution in [2.24, 2.45) is 5.73 Å². The summed E-state index contributed by atoms with van der Waals surface area (Å²) < 4.78 is 22.6. The number of hydrogen-bond acceptors (Lipinski definition) is 4. The van der Waals surface area contributed by atoms with Crippen LogP contribution in [0, 0.1) is 0 Å². The van der Waals surface area contributed by atoms with Crippen LogP contribution in [0.25, 0.3) is 0 Å². The van der Waals surface area contributed by atoms with E-state index in [1.165, 1.54) is 44.8 Å². The average molecular weight is 276 g/mol. The first-order chi connectivity index (χ1) is 8.53. The summed E-state index contributed by atoms with van der Waals surface area (Å²) in [5, 5.41) is 0. The smallest absolute Gasteiger partial charge is 0.148 e. The molecule has 0 heterocycles. The van der Waals surface area contributed by atoms with E-state index in [0.29, 0.717) is 19.1 Å². The Kier molecular flexibility index (Phi) is 7.19. The number of hydrogen-bond donors (Lipinski definition) is 1. The predicted molar refractivity (Wildman–Crippen MR) is 76.4 cm³/mol. The summed E-state index contributed by atoms with van der Waals surface area (Å²) in [6.45, 7) is 2.29. The Morgan fingerprint density at radius 2 is 1.72 bits per heavy atom. The third-order valence-corrected chi connectivity index (χ3v) is 4.66. The lowest BCUT2D eigenvalue weighted by atomic mass is 10.1. The normalized spacial score (nSPS) is 19.1. The molecule has 0 saturated heterocycles. The van der Waals surface area contributed by atoms with Gasteiger partial charge in [0.2, 0.25) is 0 Å². The van der Waals surface area contributed by atoms with Gasteiger partial charge in [-0.1, -0.05) is 25.7 Å². The molecule has 0 aliphatic heterocycles. The fraction of sp³-hybridized carbons (Fsp3) is 1.00. The first-order valence-electron chi connectivity index (χ1n) is 7.15. The van der Waals surface area contributed by atoms with Crippen molar-refractivity contribution >= 4 is 9.84 Å². The molecule has 2 N–H and O–H groups in total. The maximum atomic E-state index is 11.3. The van der Waals surface area contributed by atoms with E-state index in [9.17, 15) is 8.42 Å². The van der Waals surface area contributed by atoms with Gasteiger partial charge in [0.1, 0.15) is 9.84 Å². The Hall–Kier alpha value is -0.130. The van der Waals surface area contributed by atoms with Crippen LogP contribution in [0.15, 0.2) is 0 Å². The van der Waals surface area contributed by atoms with Crippen LogP contribution in [0.2, 0.25) is 0 Å². The van der Waals surface area contributed by atoms with Gasteiger partial charge in [-0.2, -0.15) is 0 Å². The Morgan fingerprint density at radius 3 is 2.22 bits per heavy atom. The number of sulfone groups is 1. The summed E-state index contributed by atoms with van der Waals surface area (Å²) >= 11 is 0. The highest BCUT2D eigenvalue weighted by Gasteiger charge is 2.20. The van der Waals surface area contributed by atoms with Crippen LogP contribution < -0.4 is 5.73 Å². The Morgan fingerprint density at radius 1 is 1.11 bits per heavy atom. The van der Waals surface area contributed by atoms with Gasteiger partial charge in [0, 0.05) is 18.8 Å². The van der Waals surface area contributed by atoms with E-state index >= 15 is 0 Å². The van der Waals surface area contributed by atoms with Crippen LogP contribution in [-0.2, 0) is 9.84 Å². The van der Waals surface area contributed by atoms with E-state index in [-0.39, 0.29) is 5.75 Å². The van der Waals surface area contributed by atoms with Gasteiger partial charge < -0.3 is 5.73 Å². The molecule has 4 nitrogen and oxygen atoms in total. The minimum Gasteiger partial charge on any atom is -0.330 e. The molecular weight excluding hydrogens is 248 g/mol. The summed E-state index contributed by atoms with van der Waals surface area (Å²) in [7, 11) is -2.86. The first-order valence-corrected chi connectivity index (χ1v) is 9.21. The standard InChI is InChI=1S/C13H28N2O2S/c1-18(16,17)12-11-15(10-6-9-14)13-7-4-2-3-5-8-13/h13H,2-12,14H2,1H3. The summed E-state index contributed by atoms with van der Waals surface area (Å²) in [6, 6.07) is 0.570. The maximum Gasteiger partial charge on any atom is 0.148 e. The lowest BCUT2D eigenvalue weighted by Crippen LogP contribution is -2.39. The fourth-order valence-corrected chi connectivity index (χ4v) is 3.24. The monoisotopic (exact) mass is 276 g/mol. The van der Waals surface area contributed by atoms with Gasteiger partial charge in [0.05, 0.1) is 5.75 Å². The van der Waals surface area contributed by atoms with Gasteiger partial charge >= 0.3 is 0 Å². The third kappa shape index (κ3) is 6.71. The molecule has 0 aromatic rings. The second kappa shape index (κ2) is 8.12. The molecule has 0 atom stereocenters. The maximum absolute atomic E-state index is 11.3. The van der Waals surface area contributed by atoms with Gasteiger partial charge in [0.15, 0.2) is 0 Å². The minimum absolute atomic E-state index is 0.272. The van der Waals surface area contributed by atoms with Crippen molar-refractivity contribution in [1.29, 1.82) is 0 Å². The molecule has 1 aliphatic rings. The third-order valence-electron chi connectivity index (χ3n) is 3.74. The molecule has 18 heavy (non-hydrogen) atoms. The van der Waals surface area contributed by atoms with Crippen LogP contribution in [0.3, 0.4) is 0 Å². The summed E-state index contributed by atoms with van der Waals surface area (Å²) in [5.74, 6) is 0.272. The zero-order valence-electron chi connectivity index (χ0n) is 11.6. The molecule has 0 radical (unpaired) electrons. The number of nitrogens with zero attached hydrogens (tertiary/aromatic N) is 1. The van der Waals surface area contributed by atoms with Crippen molar-refractivity contribution in [3.05, 3.63) is 0 Å². The molecule has 0 unspecified atom stereocenters. The highest BCUT2D eigenvalue weighted by Crippen LogP contribution is 2.22. The summed E-state index contributed by atoms with van der Waals surface area (Å²) in [6.07, 6.45) is 9.93. The SMILES string of the molecule is CS(=O)(=O)CCN(CCCN)C1CCCCCC1. The lowest BCUT2D eigenvalue weighted by Gasteiger charge is -2.30. The quantitative estimate of drug-likeness (QED) is 0.714. The molecule has 0 spiro atoms. The zero-order chi connectivity index (χ0) is 13.4. The van der Waals surface area contributed by atoms with Gasteiger partial charge in [-0.25, -0.2) is 8.42 Å². The van der Waals surface area contributed by atoms with Crippen LogP contribution >= 0.6 is 0 Å². The molecule has 108 valence electrons. The van der Waals surface area contributed by atoms with Crippen molar-refractivity contribution < 1.29 is 8.42 Å². The summed E-state index contributed by atoms with van der Waals surface area (Å²) in [4.78, 5) is 2.36. The molecule has 1 saturated carbocycles. The number of rotatable bonds is 7. The Labute approximate surface area is 112 Å². The van der Waals surface area contributed by atoms with Crippen LogP contribution in [0.1, 0.15) is 44.9 Å². The van der Waals surface area contributed by atoms with Crippen molar-refractivity contribution in [2.75, 3.05) is 31.6 Å². The van der Waals surface area contributed by atoms with Crippen LogP contribution in [-0.4, -0.2) is 51.0 Å². The molecule has 0 amide bonds. The van der Waals surface area contributed by atoms with Gasteiger partial charge in [-0.15, -0.1) is 0 Å². The molecule has 1 rings (SSSR count). The largest absolute Gasteiger partial charge is 0.330 e. The number of nitrogens with two attached hydrogens (primary N) is 1. The Bertz CT molecular complexity index is 309. The average Bonchev–Trinajstić information content (AvgIpc) is 2.56. The topological polar surface area (TPSA) is 63.4 Å². The van der Waals surface area contributed by atoms with E-state index < -0.39 is 9.84 Å². The van der Waals surface area contributed by atoms with Crippen molar-refractivity contribution in [1.82, 2.24) is 4.90 Å². The second-order valence-electron chi connectivity index (χ2n) is 5.45. The predicted octanol–water partition coefficient (Wildman–Crippen LogP) is 1.40. The van der Waals surface area contributed by atoms with Crippen LogP contribution in [0.5, 0.6) is 0 Å². The van der Waals surface area contributed by atoms with E-state index in [1.54, 1.807) is 0 Å². The molecule has 0 aromatic heterocycles. The molecule has 5 heteroatoms. The van der Waals surface area contributed by atoms with Gasteiger partial charge in [-0.05, 0) is 32.4 Å². The molecule has 1 aliphatic carbocycles. The highest BCUT2D eigenvalue weighted by molar-refractivity contribution is 7.90. The van der Waals surface area contributed by atoms with Crippen molar-refractivity contribution in [2.45, 2.75) is 51.0 Å². The van der Waals surface area contributed by atoms with E-state index in [4.69, 9.17) is 5.73 Å². The zero-order valence-corrected chi connectivity index (χ0v) is 12.4. The van der Waals surface area contributed by atoms with E-state index in [1.807, 2.05) is 0 Å². The summed E-state index contributed by atoms with van der Waals surface area (Å²) in [5.41, 5.74) is 5.57.